The van der Waals surface area contributed by atoms with Crippen molar-refractivity contribution in [1.82, 2.24) is 5.32 Å². The van der Waals surface area contributed by atoms with Crippen molar-refractivity contribution in [2.75, 3.05) is 6.61 Å². The molecular formula is C12H15ClN2O2. The first kappa shape index (κ1) is 13.5. The van der Waals surface area contributed by atoms with E-state index < -0.39 is 0 Å². The summed E-state index contributed by atoms with van der Waals surface area (Å²) in [6, 6.07) is 0. The number of carbonyl (C=O) groups excluding carboxylic acids is 1. The molecule has 0 unspecified atom stereocenters. The summed E-state index contributed by atoms with van der Waals surface area (Å²) in [6.45, 7) is 4.09. The van der Waals surface area contributed by atoms with Gasteiger partial charge in [-0.25, -0.2) is 9.79 Å². The standard InChI is InChI=1S/C12H15ClN2O2/c1-3-5-6-9(12(16)17-4-2)10-7-15-11(13)8-14-10/h5-8,14H,3-4H2,1-2H3/b6-5+,10-9+. The zero-order valence-electron chi connectivity index (χ0n) is 9.87. The number of allylic oxidation sites excluding steroid dienone is 2. The molecule has 1 rings (SSSR count). The maximum atomic E-state index is 11.7. The maximum absolute atomic E-state index is 11.7. The summed E-state index contributed by atoms with van der Waals surface area (Å²) in [7, 11) is 0. The van der Waals surface area contributed by atoms with E-state index in [4.69, 9.17) is 16.3 Å². The van der Waals surface area contributed by atoms with Crippen LogP contribution in [-0.2, 0) is 9.53 Å². The summed E-state index contributed by atoms with van der Waals surface area (Å²) in [5, 5.41) is 3.25. The molecule has 0 atom stereocenters. The summed E-state index contributed by atoms with van der Waals surface area (Å²) in [5.74, 6) is -0.377. The van der Waals surface area contributed by atoms with Gasteiger partial charge in [0.05, 0.1) is 24.1 Å². The van der Waals surface area contributed by atoms with Crippen LogP contribution < -0.4 is 5.32 Å². The molecule has 1 heterocycles. The largest absolute Gasteiger partial charge is 0.462 e. The minimum atomic E-state index is -0.377. The van der Waals surface area contributed by atoms with E-state index >= 15 is 0 Å². The number of carbonyl (C=O) groups is 1. The van der Waals surface area contributed by atoms with Gasteiger partial charge in [-0.15, -0.1) is 0 Å². The molecule has 0 bridgehead atoms. The van der Waals surface area contributed by atoms with Crippen molar-refractivity contribution in [3.05, 3.63) is 34.8 Å². The van der Waals surface area contributed by atoms with Crippen LogP contribution in [-0.4, -0.2) is 18.8 Å². The van der Waals surface area contributed by atoms with Gasteiger partial charge < -0.3 is 10.1 Å². The average Bonchev–Trinajstić information content (AvgIpc) is 2.32. The molecule has 1 aliphatic rings. The number of nitrogens with one attached hydrogen (secondary N) is 1. The second kappa shape index (κ2) is 6.91. The summed E-state index contributed by atoms with van der Waals surface area (Å²) < 4.78 is 4.98. The van der Waals surface area contributed by atoms with Gasteiger partial charge in [0, 0.05) is 6.20 Å². The SMILES string of the molecule is CC/C=C/C(C(=O)OCC)=C1/C=NC(Cl)=CN1. The zero-order chi connectivity index (χ0) is 12.7. The van der Waals surface area contributed by atoms with Crippen LogP contribution in [0, 0.1) is 0 Å². The second-order valence-electron chi connectivity index (χ2n) is 3.23. The molecule has 4 nitrogen and oxygen atoms in total. The second-order valence-corrected chi connectivity index (χ2v) is 3.62. The molecule has 0 aromatic carbocycles. The summed E-state index contributed by atoms with van der Waals surface area (Å²) in [4.78, 5) is 15.7. The highest BCUT2D eigenvalue weighted by Gasteiger charge is 2.14. The molecule has 0 saturated carbocycles. The molecule has 0 radical (unpaired) electrons. The first-order valence-corrected chi connectivity index (χ1v) is 5.81. The van der Waals surface area contributed by atoms with E-state index in [9.17, 15) is 4.79 Å². The van der Waals surface area contributed by atoms with Crippen molar-refractivity contribution in [2.24, 2.45) is 4.99 Å². The first-order valence-electron chi connectivity index (χ1n) is 5.43. The molecular weight excluding hydrogens is 240 g/mol. The van der Waals surface area contributed by atoms with Crippen LogP contribution in [0.1, 0.15) is 20.3 Å². The number of ether oxygens (including phenoxy) is 1. The van der Waals surface area contributed by atoms with Crippen LogP contribution in [0.2, 0.25) is 0 Å². The summed E-state index contributed by atoms with van der Waals surface area (Å²) in [6.07, 6.45) is 7.47. The van der Waals surface area contributed by atoms with E-state index in [0.717, 1.165) is 6.42 Å². The van der Waals surface area contributed by atoms with Gasteiger partial charge in [0.15, 0.2) is 0 Å². The lowest BCUT2D eigenvalue weighted by Gasteiger charge is -2.11. The van der Waals surface area contributed by atoms with Crippen molar-refractivity contribution >= 4 is 23.8 Å². The van der Waals surface area contributed by atoms with Crippen molar-refractivity contribution in [2.45, 2.75) is 20.3 Å². The van der Waals surface area contributed by atoms with Crippen LogP contribution in [0.25, 0.3) is 0 Å². The molecule has 0 amide bonds. The van der Waals surface area contributed by atoms with Crippen molar-refractivity contribution in [1.29, 1.82) is 0 Å². The Balaban J connectivity index is 2.98. The molecule has 0 spiro atoms. The van der Waals surface area contributed by atoms with Crippen LogP contribution in [0.15, 0.2) is 39.8 Å². The van der Waals surface area contributed by atoms with Crippen LogP contribution >= 0.6 is 11.6 Å². The number of nitrogens with zero attached hydrogens (tertiary/aromatic N) is 1. The number of halogens is 1. The van der Waals surface area contributed by atoms with Gasteiger partial charge in [0.25, 0.3) is 0 Å². The Morgan fingerprint density at radius 3 is 2.88 bits per heavy atom. The maximum Gasteiger partial charge on any atom is 0.340 e. The fourth-order valence-corrected chi connectivity index (χ4v) is 1.30. The molecule has 0 aromatic rings. The van der Waals surface area contributed by atoms with Gasteiger partial charge in [0.2, 0.25) is 0 Å². The normalized spacial score (nSPS) is 17.7. The quantitative estimate of drug-likeness (QED) is 0.476. The Bertz CT molecular complexity index is 409. The summed E-state index contributed by atoms with van der Waals surface area (Å²) >= 11 is 5.68. The van der Waals surface area contributed by atoms with Crippen molar-refractivity contribution in [3.8, 4) is 0 Å². The van der Waals surface area contributed by atoms with E-state index in [2.05, 4.69) is 10.3 Å². The van der Waals surface area contributed by atoms with Gasteiger partial charge in [-0.2, -0.15) is 0 Å². The smallest absolute Gasteiger partial charge is 0.340 e. The predicted octanol–water partition coefficient (Wildman–Crippen LogP) is 2.48. The first-order chi connectivity index (χ1) is 8.19. The number of aliphatic imine (C=N–C) groups is 1. The van der Waals surface area contributed by atoms with Gasteiger partial charge >= 0.3 is 5.97 Å². The molecule has 0 fully saturated rings. The molecule has 5 heteroatoms. The highest BCUT2D eigenvalue weighted by atomic mass is 35.5. The van der Waals surface area contributed by atoms with Gasteiger partial charge in [-0.1, -0.05) is 24.6 Å². The Kier molecular flexibility index (Phi) is 5.49. The molecule has 1 aliphatic heterocycles. The fraction of sp³-hybridized carbons (Fsp3) is 0.333. The Morgan fingerprint density at radius 2 is 2.35 bits per heavy atom. The molecule has 0 saturated heterocycles. The fourth-order valence-electron chi connectivity index (χ4n) is 1.20. The third kappa shape index (κ3) is 4.07. The lowest BCUT2D eigenvalue weighted by molar-refractivity contribution is -0.138. The highest BCUT2D eigenvalue weighted by Crippen LogP contribution is 2.12. The Morgan fingerprint density at radius 1 is 1.59 bits per heavy atom. The third-order valence-corrected chi connectivity index (χ3v) is 2.18. The lowest BCUT2D eigenvalue weighted by atomic mass is 10.1. The molecule has 0 aromatic heterocycles. The molecule has 1 N–H and O–H groups in total. The average molecular weight is 255 g/mol. The van der Waals surface area contributed by atoms with E-state index in [-0.39, 0.29) is 5.97 Å². The van der Waals surface area contributed by atoms with E-state index in [0.29, 0.717) is 23.0 Å². The van der Waals surface area contributed by atoms with Crippen LogP contribution in [0.3, 0.4) is 0 Å². The molecule has 0 aliphatic carbocycles. The predicted molar refractivity (Wildman–Crippen MR) is 68.7 cm³/mol. The highest BCUT2D eigenvalue weighted by molar-refractivity contribution is 6.30. The number of esters is 1. The van der Waals surface area contributed by atoms with E-state index in [1.807, 2.05) is 13.0 Å². The van der Waals surface area contributed by atoms with Gasteiger partial charge in [-0.3, -0.25) is 0 Å². The topological polar surface area (TPSA) is 50.7 Å². The number of hydrogen-bond acceptors (Lipinski definition) is 4. The summed E-state index contributed by atoms with van der Waals surface area (Å²) in [5.41, 5.74) is 1.02. The van der Waals surface area contributed by atoms with E-state index in [1.165, 1.54) is 12.4 Å². The van der Waals surface area contributed by atoms with Crippen molar-refractivity contribution in [3.63, 3.8) is 0 Å². The minimum absolute atomic E-state index is 0.337. The lowest BCUT2D eigenvalue weighted by Crippen LogP contribution is -2.18. The van der Waals surface area contributed by atoms with Crippen LogP contribution in [0.4, 0.5) is 0 Å². The Labute approximate surface area is 106 Å². The van der Waals surface area contributed by atoms with Crippen molar-refractivity contribution < 1.29 is 9.53 Å². The van der Waals surface area contributed by atoms with E-state index in [1.54, 1.807) is 13.0 Å². The Hall–Kier alpha value is -1.55. The molecule has 92 valence electrons. The zero-order valence-corrected chi connectivity index (χ0v) is 10.6. The third-order valence-electron chi connectivity index (χ3n) is 1.97. The monoisotopic (exact) mass is 254 g/mol. The number of hydrogen-bond donors (Lipinski definition) is 1. The van der Waals surface area contributed by atoms with Crippen LogP contribution in [0.5, 0.6) is 0 Å². The van der Waals surface area contributed by atoms with Gasteiger partial charge in [-0.05, 0) is 19.4 Å². The van der Waals surface area contributed by atoms with Gasteiger partial charge in [0.1, 0.15) is 5.16 Å². The number of rotatable bonds is 4. The molecule has 17 heavy (non-hydrogen) atoms. The minimum Gasteiger partial charge on any atom is -0.462 e.